The lowest BCUT2D eigenvalue weighted by Crippen LogP contribution is -2.38. The normalized spacial score (nSPS) is 13.0. The third-order valence-corrected chi connectivity index (χ3v) is 4.34. The Morgan fingerprint density at radius 1 is 1.28 bits per heavy atom. The molecule has 0 saturated heterocycles. The number of hydrogen-bond donors (Lipinski definition) is 2. The fourth-order valence-electron chi connectivity index (χ4n) is 2.72. The Balaban J connectivity index is 1.65. The van der Waals surface area contributed by atoms with E-state index in [4.69, 9.17) is 11.6 Å². The van der Waals surface area contributed by atoms with Crippen molar-refractivity contribution in [3.05, 3.63) is 70.6 Å². The van der Waals surface area contributed by atoms with E-state index < -0.39 is 0 Å². The molecule has 1 atom stereocenters. The van der Waals surface area contributed by atoms with Crippen molar-refractivity contribution < 1.29 is 0 Å². The number of fused-ring (bicyclic) bond motifs is 1. The summed E-state index contributed by atoms with van der Waals surface area (Å²) < 4.78 is 2.09. The highest BCUT2D eigenvalue weighted by Crippen LogP contribution is 2.17. The van der Waals surface area contributed by atoms with Crippen molar-refractivity contribution in [1.29, 1.82) is 0 Å². The first-order valence-electron chi connectivity index (χ1n) is 8.23. The van der Waals surface area contributed by atoms with E-state index in [1.54, 1.807) is 7.05 Å². The van der Waals surface area contributed by atoms with Crippen LogP contribution >= 0.6 is 11.6 Å². The minimum absolute atomic E-state index is 0.0909. The zero-order chi connectivity index (χ0) is 17.8. The van der Waals surface area contributed by atoms with Gasteiger partial charge in [-0.1, -0.05) is 29.8 Å². The molecule has 0 saturated carbocycles. The molecule has 130 valence electrons. The molecule has 2 aromatic heterocycles. The van der Waals surface area contributed by atoms with Gasteiger partial charge in [0.2, 0.25) is 0 Å². The number of halogens is 1. The van der Waals surface area contributed by atoms with Crippen molar-refractivity contribution >= 4 is 23.2 Å². The second kappa shape index (κ2) is 7.57. The number of aliphatic imine (C=N–C) groups is 1. The monoisotopic (exact) mass is 355 g/mol. The van der Waals surface area contributed by atoms with E-state index in [0.717, 1.165) is 33.6 Å². The van der Waals surface area contributed by atoms with Gasteiger partial charge in [-0.25, -0.2) is 4.98 Å². The Bertz CT molecular complexity index is 900. The van der Waals surface area contributed by atoms with Crippen molar-refractivity contribution in [3.63, 3.8) is 0 Å². The molecule has 0 radical (unpaired) electrons. The van der Waals surface area contributed by atoms with Gasteiger partial charge >= 0.3 is 0 Å². The predicted molar refractivity (Wildman–Crippen MR) is 103 cm³/mol. The van der Waals surface area contributed by atoms with Crippen LogP contribution in [0.2, 0.25) is 5.02 Å². The summed E-state index contributed by atoms with van der Waals surface area (Å²) in [6, 6.07) is 14.0. The first-order valence-corrected chi connectivity index (χ1v) is 8.61. The van der Waals surface area contributed by atoms with Crippen molar-refractivity contribution in [2.45, 2.75) is 26.4 Å². The molecule has 0 amide bonds. The van der Waals surface area contributed by atoms with E-state index >= 15 is 0 Å². The van der Waals surface area contributed by atoms with E-state index in [0.29, 0.717) is 6.54 Å². The van der Waals surface area contributed by atoms with Crippen LogP contribution in [-0.4, -0.2) is 22.4 Å². The average molecular weight is 356 g/mol. The van der Waals surface area contributed by atoms with Gasteiger partial charge < -0.3 is 15.0 Å². The lowest BCUT2D eigenvalue weighted by molar-refractivity contribution is 0.683. The molecule has 5 nitrogen and oxygen atoms in total. The van der Waals surface area contributed by atoms with E-state index in [1.165, 1.54) is 0 Å². The summed E-state index contributed by atoms with van der Waals surface area (Å²) in [5, 5.41) is 7.41. The fraction of sp³-hybridized carbons (Fsp3) is 0.263. The highest BCUT2D eigenvalue weighted by atomic mass is 35.5. The van der Waals surface area contributed by atoms with E-state index in [2.05, 4.69) is 44.9 Å². The standard InChI is InChI=1S/C19H22ClN5/c1-13-6-4-9-18-24-17(12-25(13)18)11-22-19(21-3)23-14(2)15-7-5-8-16(20)10-15/h4-10,12,14H,11H2,1-3H3,(H2,21,22,23). The number of nitrogens with zero attached hydrogens (tertiary/aromatic N) is 3. The fourth-order valence-corrected chi connectivity index (χ4v) is 2.92. The summed E-state index contributed by atoms with van der Waals surface area (Å²) in [7, 11) is 1.76. The number of rotatable bonds is 4. The minimum atomic E-state index is 0.0909. The number of nitrogens with one attached hydrogen (secondary N) is 2. The first kappa shape index (κ1) is 17.3. The van der Waals surface area contributed by atoms with Crippen LogP contribution in [-0.2, 0) is 6.54 Å². The molecule has 3 aromatic rings. The van der Waals surface area contributed by atoms with Gasteiger partial charge in [-0.2, -0.15) is 0 Å². The molecule has 0 aliphatic rings. The van der Waals surface area contributed by atoms with Gasteiger partial charge in [0, 0.05) is 24.0 Å². The summed E-state index contributed by atoms with van der Waals surface area (Å²) in [6.07, 6.45) is 2.05. The second-order valence-corrected chi connectivity index (χ2v) is 6.41. The molecule has 0 fully saturated rings. The van der Waals surface area contributed by atoms with Crippen LogP contribution in [0.5, 0.6) is 0 Å². The summed E-state index contributed by atoms with van der Waals surface area (Å²) in [5.74, 6) is 0.723. The zero-order valence-electron chi connectivity index (χ0n) is 14.6. The summed E-state index contributed by atoms with van der Waals surface area (Å²) >= 11 is 6.07. The quantitative estimate of drug-likeness (QED) is 0.554. The molecule has 1 unspecified atom stereocenters. The maximum atomic E-state index is 6.07. The molecule has 1 aromatic carbocycles. The molecular weight excluding hydrogens is 334 g/mol. The van der Waals surface area contributed by atoms with E-state index in [9.17, 15) is 0 Å². The smallest absolute Gasteiger partial charge is 0.191 e. The van der Waals surface area contributed by atoms with E-state index in [1.807, 2.05) is 42.6 Å². The average Bonchev–Trinajstić information content (AvgIpc) is 3.03. The topological polar surface area (TPSA) is 53.7 Å². The van der Waals surface area contributed by atoms with Crippen LogP contribution in [0.1, 0.15) is 29.9 Å². The lowest BCUT2D eigenvalue weighted by atomic mass is 10.1. The summed E-state index contributed by atoms with van der Waals surface area (Å²) in [6.45, 7) is 4.74. The Kier molecular flexibility index (Phi) is 5.24. The van der Waals surface area contributed by atoms with E-state index in [-0.39, 0.29) is 6.04 Å². The van der Waals surface area contributed by atoms with Crippen LogP contribution < -0.4 is 10.6 Å². The SMILES string of the molecule is CN=C(NCc1cn2c(C)cccc2n1)NC(C)c1cccc(Cl)c1. The molecular formula is C19H22ClN5. The Morgan fingerprint density at radius 3 is 2.80 bits per heavy atom. The molecule has 25 heavy (non-hydrogen) atoms. The number of aromatic nitrogens is 2. The number of guanidine groups is 1. The lowest BCUT2D eigenvalue weighted by Gasteiger charge is -2.18. The highest BCUT2D eigenvalue weighted by Gasteiger charge is 2.09. The van der Waals surface area contributed by atoms with Crippen LogP contribution in [0.4, 0.5) is 0 Å². The third kappa shape index (κ3) is 4.12. The van der Waals surface area contributed by atoms with Gasteiger partial charge in [0.15, 0.2) is 5.96 Å². The van der Waals surface area contributed by atoms with Gasteiger partial charge in [0.1, 0.15) is 5.65 Å². The Morgan fingerprint density at radius 2 is 2.08 bits per heavy atom. The van der Waals surface area contributed by atoms with Crippen molar-refractivity contribution in [3.8, 4) is 0 Å². The third-order valence-electron chi connectivity index (χ3n) is 4.11. The maximum Gasteiger partial charge on any atom is 0.191 e. The molecule has 3 rings (SSSR count). The van der Waals surface area contributed by atoms with Crippen molar-refractivity contribution in [1.82, 2.24) is 20.0 Å². The van der Waals surface area contributed by atoms with Gasteiger partial charge in [0.05, 0.1) is 18.3 Å². The van der Waals surface area contributed by atoms with Crippen LogP contribution in [0.3, 0.4) is 0 Å². The molecule has 0 aliphatic carbocycles. The van der Waals surface area contributed by atoms with Gasteiger partial charge in [0.25, 0.3) is 0 Å². The molecule has 0 bridgehead atoms. The number of pyridine rings is 1. The molecule has 2 heterocycles. The van der Waals surface area contributed by atoms with Crippen LogP contribution in [0.25, 0.3) is 5.65 Å². The van der Waals surface area contributed by atoms with Crippen molar-refractivity contribution in [2.24, 2.45) is 4.99 Å². The molecule has 6 heteroatoms. The largest absolute Gasteiger partial charge is 0.351 e. The Hall–Kier alpha value is -2.53. The van der Waals surface area contributed by atoms with Gasteiger partial charge in [-0.15, -0.1) is 0 Å². The number of imidazole rings is 1. The number of aryl methyl sites for hydroxylation is 1. The van der Waals surface area contributed by atoms with Crippen LogP contribution in [0, 0.1) is 6.92 Å². The number of hydrogen-bond acceptors (Lipinski definition) is 2. The molecule has 2 N–H and O–H groups in total. The highest BCUT2D eigenvalue weighted by molar-refractivity contribution is 6.30. The molecule has 0 aliphatic heterocycles. The summed E-state index contributed by atoms with van der Waals surface area (Å²) in [5.41, 5.74) is 4.19. The molecule has 0 spiro atoms. The first-order chi connectivity index (χ1) is 12.1. The predicted octanol–water partition coefficient (Wildman–Crippen LogP) is 3.72. The summed E-state index contributed by atoms with van der Waals surface area (Å²) in [4.78, 5) is 8.92. The van der Waals surface area contributed by atoms with Gasteiger partial charge in [-0.05, 0) is 43.7 Å². The zero-order valence-corrected chi connectivity index (χ0v) is 15.4. The maximum absolute atomic E-state index is 6.07. The van der Waals surface area contributed by atoms with Crippen molar-refractivity contribution in [2.75, 3.05) is 7.05 Å². The Labute approximate surface area is 152 Å². The second-order valence-electron chi connectivity index (χ2n) is 5.97. The van der Waals surface area contributed by atoms with Crippen LogP contribution in [0.15, 0.2) is 53.7 Å². The minimum Gasteiger partial charge on any atom is -0.351 e. The van der Waals surface area contributed by atoms with Gasteiger partial charge in [-0.3, -0.25) is 4.99 Å². The number of benzene rings is 1.